The molecule has 2 aliphatic heterocycles. The second-order valence-corrected chi connectivity index (χ2v) is 8.77. The quantitative estimate of drug-likeness (QED) is 0.656. The molecule has 156 valence electrons. The van der Waals surface area contributed by atoms with Crippen molar-refractivity contribution < 1.29 is 4.79 Å². The number of para-hydroxylation sites is 2. The molecule has 5 rings (SSSR count). The van der Waals surface area contributed by atoms with Gasteiger partial charge in [-0.1, -0.05) is 42.0 Å². The summed E-state index contributed by atoms with van der Waals surface area (Å²) in [4.78, 5) is 22.3. The number of nitrogens with zero attached hydrogens (tertiary/aromatic N) is 4. The molecule has 3 aromatic rings. The number of imidazole rings is 1. The Morgan fingerprint density at radius 2 is 1.67 bits per heavy atom. The third-order valence-corrected chi connectivity index (χ3v) is 6.64. The van der Waals surface area contributed by atoms with E-state index in [1.807, 2.05) is 0 Å². The van der Waals surface area contributed by atoms with E-state index in [0.717, 1.165) is 69.9 Å². The maximum Gasteiger partial charge on any atom is 0.225 e. The second kappa shape index (κ2) is 8.13. The van der Waals surface area contributed by atoms with E-state index in [1.54, 1.807) is 0 Å². The molecule has 0 spiro atoms. The van der Waals surface area contributed by atoms with Crippen molar-refractivity contribution in [1.29, 1.82) is 0 Å². The summed E-state index contributed by atoms with van der Waals surface area (Å²) in [6, 6.07) is 17.1. The molecule has 1 amide bonds. The van der Waals surface area contributed by atoms with Gasteiger partial charge in [0.2, 0.25) is 11.9 Å². The number of piperidine rings is 1. The summed E-state index contributed by atoms with van der Waals surface area (Å²) in [6.45, 7) is 6.61. The van der Waals surface area contributed by atoms with Crippen molar-refractivity contribution in [1.82, 2.24) is 14.5 Å². The molecule has 0 aliphatic carbocycles. The summed E-state index contributed by atoms with van der Waals surface area (Å²) in [5.74, 6) is 1.58. The first-order valence-electron chi connectivity index (χ1n) is 11.2. The van der Waals surface area contributed by atoms with E-state index in [4.69, 9.17) is 4.98 Å². The van der Waals surface area contributed by atoms with Gasteiger partial charge in [-0.3, -0.25) is 4.79 Å². The Hall–Kier alpha value is -2.82. The first kappa shape index (κ1) is 19.2. The van der Waals surface area contributed by atoms with Crippen LogP contribution in [0, 0.1) is 12.8 Å². The van der Waals surface area contributed by atoms with Crippen molar-refractivity contribution in [3.63, 3.8) is 0 Å². The van der Waals surface area contributed by atoms with Gasteiger partial charge >= 0.3 is 0 Å². The SMILES string of the molecule is Cc1ccc(Cn2c(N3CCC(C(=O)N4CCCC4)CC3)nc3ccccc32)cc1. The van der Waals surface area contributed by atoms with Gasteiger partial charge in [-0.15, -0.1) is 0 Å². The molecule has 2 aliphatic rings. The zero-order valence-electron chi connectivity index (χ0n) is 17.8. The fourth-order valence-electron chi connectivity index (χ4n) is 4.86. The van der Waals surface area contributed by atoms with Crippen molar-refractivity contribution in [3.8, 4) is 0 Å². The van der Waals surface area contributed by atoms with Gasteiger partial charge in [-0.05, 0) is 50.3 Å². The molecule has 2 fully saturated rings. The van der Waals surface area contributed by atoms with Crippen molar-refractivity contribution in [2.75, 3.05) is 31.1 Å². The highest BCUT2D eigenvalue weighted by Gasteiger charge is 2.31. The molecular formula is C25H30N4O. The summed E-state index contributed by atoms with van der Waals surface area (Å²) < 4.78 is 2.34. The predicted molar refractivity (Wildman–Crippen MR) is 121 cm³/mol. The summed E-state index contributed by atoms with van der Waals surface area (Å²) in [5, 5.41) is 0. The van der Waals surface area contributed by atoms with Crippen LogP contribution in [0.15, 0.2) is 48.5 Å². The van der Waals surface area contributed by atoms with E-state index in [9.17, 15) is 4.79 Å². The third-order valence-electron chi connectivity index (χ3n) is 6.64. The van der Waals surface area contributed by atoms with Gasteiger partial charge in [0.1, 0.15) is 0 Å². The normalized spacial score (nSPS) is 17.8. The van der Waals surface area contributed by atoms with Crippen LogP contribution in [0.25, 0.3) is 11.0 Å². The zero-order valence-corrected chi connectivity index (χ0v) is 17.8. The van der Waals surface area contributed by atoms with Crippen molar-refractivity contribution in [3.05, 3.63) is 59.7 Å². The molecule has 2 saturated heterocycles. The van der Waals surface area contributed by atoms with Crippen molar-refractivity contribution in [2.24, 2.45) is 5.92 Å². The number of rotatable bonds is 4. The van der Waals surface area contributed by atoms with E-state index < -0.39 is 0 Å². The molecule has 2 aromatic carbocycles. The molecule has 0 saturated carbocycles. The average molecular weight is 403 g/mol. The first-order chi connectivity index (χ1) is 14.7. The standard InChI is InChI=1S/C25H30N4O/c1-19-8-10-20(11-9-19)18-29-23-7-3-2-6-22(23)26-25(29)28-16-12-21(13-17-28)24(30)27-14-4-5-15-27/h2-3,6-11,21H,4-5,12-18H2,1H3. The predicted octanol–water partition coefficient (Wildman–Crippen LogP) is 4.23. The van der Waals surface area contributed by atoms with Crippen LogP contribution in [-0.2, 0) is 11.3 Å². The lowest BCUT2D eigenvalue weighted by Crippen LogP contribution is -2.42. The lowest BCUT2D eigenvalue weighted by atomic mass is 9.95. The first-order valence-corrected chi connectivity index (χ1v) is 11.2. The fourth-order valence-corrected chi connectivity index (χ4v) is 4.86. The second-order valence-electron chi connectivity index (χ2n) is 8.77. The number of anilines is 1. The minimum Gasteiger partial charge on any atom is -0.342 e. The smallest absolute Gasteiger partial charge is 0.225 e. The van der Waals surface area contributed by atoms with Crippen LogP contribution in [-0.4, -0.2) is 46.5 Å². The minimum absolute atomic E-state index is 0.175. The lowest BCUT2D eigenvalue weighted by molar-refractivity contribution is -0.135. The number of amides is 1. The topological polar surface area (TPSA) is 41.4 Å². The average Bonchev–Trinajstić information content (AvgIpc) is 3.44. The molecule has 0 radical (unpaired) electrons. The number of hydrogen-bond acceptors (Lipinski definition) is 3. The van der Waals surface area contributed by atoms with Gasteiger partial charge in [0.05, 0.1) is 17.6 Å². The number of hydrogen-bond donors (Lipinski definition) is 0. The molecule has 5 nitrogen and oxygen atoms in total. The van der Waals surface area contributed by atoms with Gasteiger partial charge in [-0.2, -0.15) is 0 Å². The highest BCUT2D eigenvalue weighted by molar-refractivity contribution is 5.80. The van der Waals surface area contributed by atoms with E-state index >= 15 is 0 Å². The fraction of sp³-hybridized carbons (Fsp3) is 0.440. The van der Waals surface area contributed by atoms with Crippen LogP contribution in [0.4, 0.5) is 5.95 Å². The molecule has 0 atom stereocenters. The highest BCUT2D eigenvalue weighted by Crippen LogP contribution is 2.29. The number of benzene rings is 2. The maximum absolute atomic E-state index is 12.8. The molecule has 0 bridgehead atoms. The monoisotopic (exact) mass is 402 g/mol. The van der Waals surface area contributed by atoms with Crippen LogP contribution in [0.3, 0.4) is 0 Å². The van der Waals surface area contributed by atoms with E-state index in [-0.39, 0.29) is 5.92 Å². The lowest BCUT2D eigenvalue weighted by Gasteiger charge is -2.34. The summed E-state index contributed by atoms with van der Waals surface area (Å²) in [5.41, 5.74) is 4.77. The zero-order chi connectivity index (χ0) is 20.5. The molecule has 30 heavy (non-hydrogen) atoms. The van der Waals surface area contributed by atoms with Crippen LogP contribution in [0.5, 0.6) is 0 Å². The van der Waals surface area contributed by atoms with Gasteiger partial charge in [0, 0.05) is 32.1 Å². The van der Waals surface area contributed by atoms with Crippen LogP contribution < -0.4 is 4.90 Å². The van der Waals surface area contributed by atoms with E-state index in [1.165, 1.54) is 16.6 Å². The van der Waals surface area contributed by atoms with Gasteiger partial charge in [0.15, 0.2) is 0 Å². The van der Waals surface area contributed by atoms with Gasteiger partial charge in [-0.25, -0.2) is 4.98 Å². The summed E-state index contributed by atoms with van der Waals surface area (Å²) >= 11 is 0. The Labute approximate surface area is 178 Å². The largest absolute Gasteiger partial charge is 0.342 e. The van der Waals surface area contributed by atoms with Crippen molar-refractivity contribution in [2.45, 2.75) is 39.2 Å². The molecule has 0 N–H and O–H groups in total. The number of aryl methyl sites for hydroxylation is 1. The Morgan fingerprint density at radius 1 is 0.967 bits per heavy atom. The number of carbonyl (C=O) groups excluding carboxylic acids is 1. The van der Waals surface area contributed by atoms with Crippen LogP contribution in [0.2, 0.25) is 0 Å². The molecule has 5 heteroatoms. The number of aromatic nitrogens is 2. The van der Waals surface area contributed by atoms with Gasteiger partial charge < -0.3 is 14.4 Å². The van der Waals surface area contributed by atoms with Crippen LogP contribution >= 0.6 is 0 Å². The Bertz CT molecular complexity index is 1020. The van der Waals surface area contributed by atoms with E-state index in [0.29, 0.717) is 5.91 Å². The number of fused-ring (bicyclic) bond motifs is 1. The molecule has 3 heterocycles. The summed E-state index contributed by atoms with van der Waals surface area (Å²) in [7, 11) is 0. The highest BCUT2D eigenvalue weighted by atomic mass is 16.2. The van der Waals surface area contributed by atoms with Crippen molar-refractivity contribution >= 4 is 22.9 Å². The maximum atomic E-state index is 12.8. The van der Waals surface area contributed by atoms with E-state index in [2.05, 4.69) is 69.8 Å². The Kier molecular flexibility index (Phi) is 5.19. The minimum atomic E-state index is 0.175. The Morgan fingerprint density at radius 3 is 2.40 bits per heavy atom. The van der Waals surface area contributed by atoms with Crippen LogP contribution in [0.1, 0.15) is 36.8 Å². The summed E-state index contributed by atoms with van der Waals surface area (Å²) in [6.07, 6.45) is 4.16. The number of carbonyl (C=O) groups is 1. The molecule has 0 unspecified atom stereocenters. The Balaban J connectivity index is 1.37. The third kappa shape index (κ3) is 3.69. The number of likely N-dealkylation sites (tertiary alicyclic amines) is 1. The molecule has 1 aromatic heterocycles. The molecular weight excluding hydrogens is 372 g/mol. The van der Waals surface area contributed by atoms with Gasteiger partial charge in [0.25, 0.3) is 0 Å².